The van der Waals surface area contributed by atoms with E-state index in [9.17, 15) is 9.59 Å². The van der Waals surface area contributed by atoms with Crippen LogP contribution in [-0.4, -0.2) is 41.3 Å². The normalized spacial score (nSPS) is 20.1. The second-order valence-electron chi connectivity index (χ2n) is 7.67. The molecule has 28 heavy (non-hydrogen) atoms. The Balaban J connectivity index is 1.36. The minimum absolute atomic E-state index is 0.0895. The van der Waals surface area contributed by atoms with E-state index >= 15 is 0 Å². The van der Waals surface area contributed by atoms with Gasteiger partial charge in [0.05, 0.1) is 12.0 Å². The Kier molecular flexibility index (Phi) is 7.22. The van der Waals surface area contributed by atoms with E-state index in [2.05, 4.69) is 34.4 Å². The van der Waals surface area contributed by atoms with E-state index in [1.54, 1.807) is 12.1 Å². The molecule has 1 aliphatic heterocycles. The van der Waals surface area contributed by atoms with E-state index in [-0.39, 0.29) is 17.6 Å². The Bertz CT molecular complexity index is 764. The molecule has 2 atom stereocenters. The summed E-state index contributed by atoms with van der Waals surface area (Å²) in [6, 6.07) is 3.27. The smallest absolute Gasteiger partial charge is 0.286 e. The summed E-state index contributed by atoms with van der Waals surface area (Å²) in [6.45, 7) is 8.06. The van der Waals surface area contributed by atoms with Crippen LogP contribution in [0.25, 0.3) is 0 Å². The highest BCUT2D eigenvalue weighted by molar-refractivity contribution is 7.13. The standard InChI is InChI=1S/C20H28N4O3S/c1-14-9-15(2)11-24(10-14)12-16-13-28-20(22-16)23-18(25)6-3-7-21-19(26)17-5-4-8-27-17/h4-5,8,13-15H,3,6-7,9-12H2,1-2H3,(H,21,26)(H,22,23,25)/t14-,15-/m1/s1. The van der Waals surface area contributed by atoms with Gasteiger partial charge in [-0.2, -0.15) is 0 Å². The van der Waals surface area contributed by atoms with Gasteiger partial charge in [-0.3, -0.25) is 14.5 Å². The van der Waals surface area contributed by atoms with Crippen LogP contribution in [-0.2, 0) is 11.3 Å². The second-order valence-corrected chi connectivity index (χ2v) is 8.53. The average molecular weight is 405 g/mol. The highest BCUT2D eigenvalue weighted by atomic mass is 32.1. The number of aromatic nitrogens is 1. The van der Waals surface area contributed by atoms with Crippen LogP contribution in [0.3, 0.4) is 0 Å². The van der Waals surface area contributed by atoms with Gasteiger partial charge < -0.3 is 15.1 Å². The zero-order valence-electron chi connectivity index (χ0n) is 16.4. The molecule has 0 aromatic carbocycles. The first-order chi connectivity index (χ1) is 13.5. The Morgan fingerprint density at radius 2 is 2.11 bits per heavy atom. The van der Waals surface area contributed by atoms with Gasteiger partial charge in [-0.1, -0.05) is 13.8 Å². The third kappa shape index (κ3) is 6.17. The maximum atomic E-state index is 12.1. The Morgan fingerprint density at radius 1 is 1.32 bits per heavy atom. The third-order valence-electron chi connectivity index (χ3n) is 4.74. The van der Waals surface area contributed by atoms with Crippen molar-refractivity contribution in [2.24, 2.45) is 11.8 Å². The monoisotopic (exact) mass is 404 g/mol. The van der Waals surface area contributed by atoms with Crippen LogP contribution in [0.4, 0.5) is 5.13 Å². The molecule has 1 fully saturated rings. The van der Waals surface area contributed by atoms with Crippen molar-refractivity contribution in [2.75, 3.05) is 25.0 Å². The molecule has 2 aromatic rings. The highest BCUT2D eigenvalue weighted by Gasteiger charge is 2.22. The minimum Gasteiger partial charge on any atom is -0.459 e. The molecule has 3 heterocycles. The number of anilines is 1. The zero-order chi connectivity index (χ0) is 19.9. The van der Waals surface area contributed by atoms with Crippen molar-refractivity contribution in [3.63, 3.8) is 0 Å². The van der Waals surface area contributed by atoms with Crippen LogP contribution in [0.1, 0.15) is 49.4 Å². The van der Waals surface area contributed by atoms with Crippen molar-refractivity contribution < 1.29 is 14.0 Å². The molecule has 2 amide bonds. The largest absolute Gasteiger partial charge is 0.459 e. The van der Waals surface area contributed by atoms with E-state index in [4.69, 9.17) is 4.42 Å². The summed E-state index contributed by atoms with van der Waals surface area (Å²) in [4.78, 5) is 30.8. The number of nitrogens with zero attached hydrogens (tertiary/aromatic N) is 2. The van der Waals surface area contributed by atoms with Crippen molar-refractivity contribution >= 4 is 28.3 Å². The fraction of sp³-hybridized carbons (Fsp3) is 0.550. The number of piperidine rings is 1. The lowest BCUT2D eigenvalue weighted by Gasteiger charge is -2.34. The lowest BCUT2D eigenvalue weighted by molar-refractivity contribution is -0.116. The molecule has 0 saturated carbocycles. The molecule has 8 heteroatoms. The van der Waals surface area contributed by atoms with Crippen molar-refractivity contribution in [3.05, 3.63) is 35.2 Å². The molecule has 0 aliphatic carbocycles. The van der Waals surface area contributed by atoms with Gasteiger partial charge in [-0.05, 0) is 36.8 Å². The SMILES string of the molecule is C[C@@H]1C[C@@H](C)CN(Cc2csc(NC(=O)CCCNC(=O)c3ccco3)n2)C1. The number of carbonyl (C=O) groups is 2. The molecule has 0 radical (unpaired) electrons. The number of carbonyl (C=O) groups excluding carboxylic acids is 2. The van der Waals surface area contributed by atoms with Gasteiger partial charge >= 0.3 is 0 Å². The third-order valence-corrected chi connectivity index (χ3v) is 5.55. The van der Waals surface area contributed by atoms with Gasteiger partial charge in [-0.15, -0.1) is 11.3 Å². The molecule has 0 bridgehead atoms. The Labute approximate surface area is 169 Å². The molecule has 3 rings (SSSR count). The summed E-state index contributed by atoms with van der Waals surface area (Å²) in [5.41, 5.74) is 1.01. The van der Waals surface area contributed by atoms with Crippen LogP contribution >= 0.6 is 11.3 Å². The molecular formula is C20H28N4O3S. The summed E-state index contributed by atoms with van der Waals surface area (Å²) in [5.74, 6) is 1.35. The molecule has 152 valence electrons. The summed E-state index contributed by atoms with van der Waals surface area (Å²) in [6.07, 6.45) is 3.63. The Hall–Kier alpha value is -2.19. The van der Waals surface area contributed by atoms with Gasteiger partial charge in [0, 0.05) is 38.0 Å². The van der Waals surface area contributed by atoms with Crippen molar-refractivity contribution in [1.82, 2.24) is 15.2 Å². The summed E-state index contributed by atoms with van der Waals surface area (Å²) < 4.78 is 5.02. The van der Waals surface area contributed by atoms with Gasteiger partial charge in [0.2, 0.25) is 5.91 Å². The van der Waals surface area contributed by atoms with Crippen molar-refractivity contribution in [2.45, 2.75) is 39.7 Å². The number of hydrogen-bond acceptors (Lipinski definition) is 6. The summed E-state index contributed by atoms with van der Waals surface area (Å²) in [7, 11) is 0. The number of likely N-dealkylation sites (tertiary alicyclic amines) is 1. The van der Waals surface area contributed by atoms with E-state index in [0.29, 0.717) is 24.5 Å². The van der Waals surface area contributed by atoms with Gasteiger partial charge in [0.25, 0.3) is 5.91 Å². The molecule has 2 aromatic heterocycles. The van der Waals surface area contributed by atoms with Crippen molar-refractivity contribution in [3.8, 4) is 0 Å². The Morgan fingerprint density at radius 3 is 2.82 bits per heavy atom. The number of thiazole rings is 1. The number of nitrogens with one attached hydrogen (secondary N) is 2. The van der Waals surface area contributed by atoms with E-state index in [0.717, 1.165) is 37.2 Å². The highest BCUT2D eigenvalue weighted by Crippen LogP contribution is 2.24. The number of furan rings is 1. The summed E-state index contributed by atoms with van der Waals surface area (Å²) >= 11 is 1.46. The first-order valence-electron chi connectivity index (χ1n) is 9.78. The van der Waals surface area contributed by atoms with Gasteiger partial charge in [-0.25, -0.2) is 4.98 Å². The van der Waals surface area contributed by atoms with Crippen LogP contribution < -0.4 is 10.6 Å². The van der Waals surface area contributed by atoms with Gasteiger partial charge in [0.1, 0.15) is 0 Å². The van der Waals surface area contributed by atoms with E-state index in [1.165, 1.54) is 24.0 Å². The molecule has 0 unspecified atom stereocenters. The molecule has 1 saturated heterocycles. The molecule has 2 N–H and O–H groups in total. The fourth-order valence-corrected chi connectivity index (χ4v) is 4.43. The van der Waals surface area contributed by atoms with Crippen LogP contribution in [0.15, 0.2) is 28.2 Å². The first kappa shape index (κ1) is 20.5. The minimum atomic E-state index is -0.267. The predicted molar refractivity (Wildman–Crippen MR) is 109 cm³/mol. The topological polar surface area (TPSA) is 87.5 Å². The maximum Gasteiger partial charge on any atom is 0.286 e. The van der Waals surface area contributed by atoms with E-state index in [1.807, 2.05) is 5.38 Å². The van der Waals surface area contributed by atoms with E-state index < -0.39 is 0 Å². The lowest BCUT2D eigenvalue weighted by Crippen LogP contribution is -2.38. The zero-order valence-corrected chi connectivity index (χ0v) is 17.3. The molecule has 1 aliphatic rings. The molecule has 7 nitrogen and oxygen atoms in total. The van der Waals surface area contributed by atoms with Crippen molar-refractivity contribution in [1.29, 1.82) is 0 Å². The fourth-order valence-electron chi connectivity index (χ4n) is 3.71. The maximum absolute atomic E-state index is 12.1. The number of amides is 2. The summed E-state index contributed by atoms with van der Waals surface area (Å²) in [5, 5.41) is 8.24. The molecular weight excluding hydrogens is 376 g/mol. The predicted octanol–water partition coefficient (Wildman–Crippen LogP) is 3.36. The van der Waals surface area contributed by atoms with Crippen LogP contribution in [0.2, 0.25) is 0 Å². The average Bonchev–Trinajstić information content (AvgIpc) is 3.30. The van der Waals surface area contributed by atoms with Gasteiger partial charge in [0.15, 0.2) is 10.9 Å². The second kappa shape index (κ2) is 9.84. The molecule has 0 spiro atoms. The number of rotatable bonds is 8. The number of hydrogen-bond donors (Lipinski definition) is 2. The van der Waals surface area contributed by atoms with Crippen LogP contribution in [0, 0.1) is 11.8 Å². The lowest BCUT2D eigenvalue weighted by atomic mass is 9.92. The first-order valence-corrected chi connectivity index (χ1v) is 10.7. The van der Waals surface area contributed by atoms with Crippen LogP contribution in [0.5, 0.6) is 0 Å². The quantitative estimate of drug-likeness (QED) is 0.659.